The first-order valence-electron chi connectivity index (χ1n) is 8.00. The Balaban J connectivity index is 1.43. The zero-order valence-corrected chi connectivity index (χ0v) is 14.6. The molecule has 1 aromatic heterocycles. The Morgan fingerprint density at radius 2 is 1.88 bits per heavy atom. The number of amides is 1. The molecule has 4 rings (SSSR count). The lowest BCUT2D eigenvalue weighted by Gasteiger charge is -2.34. The van der Waals surface area contributed by atoms with Crippen LogP contribution in [0.4, 0.5) is 5.13 Å². The summed E-state index contributed by atoms with van der Waals surface area (Å²) in [6.07, 6.45) is 0. The molecule has 24 heavy (non-hydrogen) atoms. The molecule has 1 fully saturated rings. The number of hydrogen-bond acceptors (Lipinski definition) is 6. The molecule has 0 saturated carbocycles. The van der Waals surface area contributed by atoms with Crippen LogP contribution < -0.4 is 14.4 Å². The van der Waals surface area contributed by atoms with Crippen LogP contribution in [0.2, 0.25) is 0 Å². The zero-order chi connectivity index (χ0) is 16.7. The van der Waals surface area contributed by atoms with E-state index in [2.05, 4.69) is 16.8 Å². The minimum Gasteiger partial charge on any atom is -0.454 e. The highest BCUT2D eigenvalue weighted by Crippen LogP contribution is 2.33. The Bertz CT molecular complexity index is 762. The third kappa shape index (κ3) is 2.69. The monoisotopic (exact) mass is 345 g/mol. The summed E-state index contributed by atoms with van der Waals surface area (Å²) in [4.78, 5) is 22.7. The summed E-state index contributed by atoms with van der Waals surface area (Å²) in [5.74, 6) is 1.39. The van der Waals surface area contributed by atoms with Gasteiger partial charge in [-0.2, -0.15) is 0 Å². The van der Waals surface area contributed by atoms with E-state index in [1.807, 2.05) is 11.8 Å². The first kappa shape index (κ1) is 15.3. The van der Waals surface area contributed by atoms with Crippen molar-refractivity contribution in [1.29, 1.82) is 0 Å². The second kappa shape index (κ2) is 5.98. The van der Waals surface area contributed by atoms with Gasteiger partial charge in [0, 0.05) is 36.6 Å². The largest absolute Gasteiger partial charge is 0.454 e. The van der Waals surface area contributed by atoms with E-state index in [4.69, 9.17) is 9.47 Å². The van der Waals surface area contributed by atoms with Crippen molar-refractivity contribution in [1.82, 2.24) is 9.88 Å². The molecule has 1 amide bonds. The molecule has 0 aliphatic carbocycles. The summed E-state index contributed by atoms with van der Waals surface area (Å²) in [5, 5.41) is 1.06. The van der Waals surface area contributed by atoms with Gasteiger partial charge in [0.15, 0.2) is 16.6 Å². The number of aromatic nitrogens is 1. The van der Waals surface area contributed by atoms with Gasteiger partial charge < -0.3 is 19.3 Å². The molecule has 0 atom stereocenters. The van der Waals surface area contributed by atoms with Crippen molar-refractivity contribution in [3.63, 3.8) is 0 Å². The molecule has 6 nitrogen and oxygen atoms in total. The van der Waals surface area contributed by atoms with Gasteiger partial charge in [0.05, 0.1) is 5.69 Å². The van der Waals surface area contributed by atoms with Crippen molar-refractivity contribution in [2.24, 2.45) is 0 Å². The number of hydrogen-bond donors (Lipinski definition) is 0. The van der Waals surface area contributed by atoms with Crippen molar-refractivity contribution in [2.75, 3.05) is 37.9 Å². The van der Waals surface area contributed by atoms with Gasteiger partial charge in [0.2, 0.25) is 6.79 Å². The Morgan fingerprint density at radius 3 is 2.58 bits per heavy atom. The minimum absolute atomic E-state index is 0.0412. The predicted molar refractivity (Wildman–Crippen MR) is 92.3 cm³/mol. The van der Waals surface area contributed by atoms with Gasteiger partial charge in [-0.15, -0.1) is 11.3 Å². The maximum Gasteiger partial charge on any atom is 0.254 e. The summed E-state index contributed by atoms with van der Waals surface area (Å²) < 4.78 is 10.7. The standard InChI is InChI=1S/C17H19N3O3S/c1-11-12(2)24-17(18-11)20-7-5-19(6-8-20)16(21)13-3-4-14-15(9-13)23-10-22-14/h3-4,9H,5-8,10H2,1-2H3. The molecule has 2 aromatic rings. The zero-order valence-electron chi connectivity index (χ0n) is 13.7. The summed E-state index contributed by atoms with van der Waals surface area (Å²) in [6.45, 7) is 7.37. The molecule has 2 aliphatic heterocycles. The third-order valence-corrected chi connectivity index (χ3v) is 5.61. The maximum absolute atomic E-state index is 12.7. The van der Waals surface area contributed by atoms with E-state index in [1.165, 1.54) is 4.88 Å². The van der Waals surface area contributed by atoms with Gasteiger partial charge >= 0.3 is 0 Å². The highest BCUT2D eigenvalue weighted by Gasteiger charge is 2.25. The number of anilines is 1. The lowest BCUT2D eigenvalue weighted by atomic mass is 10.1. The quantitative estimate of drug-likeness (QED) is 0.837. The van der Waals surface area contributed by atoms with Crippen molar-refractivity contribution in [3.05, 3.63) is 34.3 Å². The molecule has 1 aromatic carbocycles. The predicted octanol–water partition coefficient (Wildman–Crippen LogP) is 2.45. The number of rotatable bonds is 2. The average Bonchev–Trinajstić information content (AvgIpc) is 3.20. The van der Waals surface area contributed by atoms with E-state index >= 15 is 0 Å². The van der Waals surface area contributed by atoms with Gasteiger partial charge in [-0.25, -0.2) is 4.98 Å². The minimum atomic E-state index is 0.0412. The molecular formula is C17H19N3O3S. The average molecular weight is 345 g/mol. The molecule has 0 bridgehead atoms. The maximum atomic E-state index is 12.7. The van der Waals surface area contributed by atoms with Crippen LogP contribution in [0.15, 0.2) is 18.2 Å². The first-order chi connectivity index (χ1) is 11.6. The van der Waals surface area contributed by atoms with Crippen molar-refractivity contribution < 1.29 is 14.3 Å². The molecule has 0 unspecified atom stereocenters. The lowest BCUT2D eigenvalue weighted by Crippen LogP contribution is -2.48. The number of thiazole rings is 1. The summed E-state index contributed by atoms with van der Waals surface area (Å²) >= 11 is 1.72. The lowest BCUT2D eigenvalue weighted by molar-refractivity contribution is 0.0746. The highest BCUT2D eigenvalue weighted by molar-refractivity contribution is 7.15. The number of carbonyl (C=O) groups excluding carboxylic acids is 1. The number of ether oxygens (including phenoxy) is 2. The third-order valence-electron chi connectivity index (χ3n) is 4.47. The van der Waals surface area contributed by atoms with Crippen LogP contribution in [0.25, 0.3) is 0 Å². The smallest absolute Gasteiger partial charge is 0.254 e. The molecule has 2 aliphatic rings. The molecular weight excluding hydrogens is 326 g/mol. The van der Waals surface area contributed by atoms with Gasteiger partial charge in [0.1, 0.15) is 0 Å². The van der Waals surface area contributed by atoms with Gasteiger partial charge in [-0.3, -0.25) is 4.79 Å². The summed E-state index contributed by atoms with van der Waals surface area (Å²) in [7, 11) is 0. The fourth-order valence-corrected chi connectivity index (χ4v) is 3.87. The van der Waals surface area contributed by atoms with Crippen LogP contribution in [0.1, 0.15) is 20.9 Å². The summed E-state index contributed by atoms with van der Waals surface area (Å²) in [5.41, 5.74) is 1.74. The van der Waals surface area contributed by atoms with Crippen LogP contribution in [-0.4, -0.2) is 48.8 Å². The van der Waals surface area contributed by atoms with Crippen molar-refractivity contribution >= 4 is 22.4 Å². The van der Waals surface area contributed by atoms with E-state index in [0.29, 0.717) is 30.2 Å². The van der Waals surface area contributed by atoms with Crippen LogP contribution >= 0.6 is 11.3 Å². The Kier molecular flexibility index (Phi) is 3.80. The van der Waals surface area contributed by atoms with Crippen molar-refractivity contribution in [2.45, 2.75) is 13.8 Å². The fourth-order valence-electron chi connectivity index (χ4n) is 2.90. The number of benzene rings is 1. The first-order valence-corrected chi connectivity index (χ1v) is 8.81. The second-order valence-corrected chi connectivity index (χ2v) is 7.17. The number of carbonyl (C=O) groups is 1. The van der Waals surface area contributed by atoms with Crippen LogP contribution in [0.3, 0.4) is 0 Å². The Hall–Kier alpha value is -2.28. The molecule has 0 spiro atoms. The number of piperazine rings is 1. The van der Waals surface area contributed by atoms with Gasteiger partial charge in [-0.05, 0) is 32.0 Å². The van der Waals surface area contributed by atoms with Crippen molar-refractivity contribution in [3.8, 4) is 11.5 Å². The van der Waals surface area contributed by atoms with Crippen LogP contribution in [0.5, 0.6) is 11.5 Å². The molecule has 0 radical (unpaired) electrons. The molecule has 3 heterocycles. The van der Waals surface area contributed by atoms with Gasteiger partial charge in [0.25, 0.3) is 5.91 Å². The molecule has 7 heteroatoms. The van der Waals surface area contributed by atoms with E-state index in [9.17, 15) is 4.79 Å². The van der Waals surface area contributed by atoms with E-state index < -0.39 is 0 Å². The normalized spacial score (nSPS) is 16.6. The molecule has 126 valence electrons. The molecule has 0 N–H and O–H groups in total. The van der Waals surface area contributed by atoms with Crippen LogP contribution in [-0.2, 0) is 0 Å². The van der Waals surface area contributed by atoms with E-state index in [1.54, 1.807) is 29.5 Å². The topological polar surface area (TPSA) is 54.9 Å². The number of fused-ring (bicyclic) bond motifs is 1. The Labute approximate surface area is 144 Å². The number of nitrogens with zero attached hydrogens (tertiary/aromatic N) is 3. The SMILES string of the molecule is Cc1nc(N2CCN(C(=O)c3ccc4c(c3)OCO4)CC2)sc1C. The van der Waals surface area contributed by atoms with Gasteiger partial charge in [-0.1, -0.05) is 0 Å². The van der Waals surface area contributed by atoms with E-state index in [0.717, 1.165) is 23.9 Å². The highest BCUT2D eigenvalue weighted by atomic mass is 32.1. The van der Waals surface area contributed by atoms with E-state index in [-0.39, 0.29) is 12.7 Å². The van der Waals surface area contributed by atoms with Crippen LogP contribution in [0, 0.1) is 13.8 Å². The second-order valence-electron chi connectivity index (χ2n) is 5.99. The Morgan fingerprint density at radius 1 is 1.12 bits per heavy atom. The molecule has 1 saturated heterocycles. The summed E-state index contributed by atoms with van der Waals surface area (Å²) in [6, 6.07) is 5.37. The fraction of sp³-hybridized carbons (Fsp3) is 0.412. The number of aryl methyl sites for hydroxylation is 2.